The number of likely N-dealkylation sites (tertiary alicyclic amines) is 1. The first kappa shape index (κ1) is 19.9. The molecule has 0 unspecified atom stereocenters. The summed E-state index contributed by atoms with van der Waals surface area (Å²) in [4.78, 5) is 37.7. The third-order valence-electron chi connectivity index (χ3n) is 4.25. The van der Waals surface area contributed by atoms with E-state index in [1.807, 2.05) is 36.9 Å². The van der Waals surface area contributed by atoms with Gasteiger partial charge >= 0.3 is 6.03 Å². The van der Waals surface area contributed by atoms with E-state index < -0.39 is 6.03 Å². The van der Waals surface area contributed by atoms with E-state index in [1.54, 1.807) is 12.1 Å². The third-order valence-corrected chi connectivity index (χ3v) is 4.25. The zero-order valence-corrected chi connectivity index (χ0v) is 15.5. The summed E-state index contributed by atoms with van der Waals surface area (Å²) >= 11 is 0. The summed E-state index contributed by atoms with van der Waals surface area (Å²) < 4.78 is 0. The first-order valence-corrected chi connectivity index (χ1v) is 9.10. The highest BCUT2D eigenvalue weighted by atomic mass is 16.2. The molecule has 7 nitrogen and oxygen atoms in total. The van der Waals surface area contributed by atoms with Crippen LogP contribution >= 0.6 is 0 Å². The van der Waals surface area contributed by atoms with Crippen molar-refractivity contribution in [3.05, 3.63) is 35.9 Å². The Kier molecular flexibility index (Phi) is 7.59. The number of carbonyl (C=O) groups excluding carboxylic acids is 3. The van der Waals surface area contributed by atoms with Crippen LogP contribution in [-0.4, -0.2) is 55.0 Å². The zero-order chi connectivity index (χ0) is 18.9. The lowest BCUT2D eigenvalue weighted by atomic mass is 10.0. The number of nitrogens with zero attached hydrogens (tertiary/aromatic N) is 1. The Morgan fingerprint density at radius 3 is 2.38 bits per heavy atom. The van der Waals surface area contributed by atoms with E-state index in [-0.39, 0.29) is 24.4 Å². The van der Waals surface area contributed by atoms with Crippen molar-refractivity contribution in [3.8, 4) is 0 Å². The molecule has 1 fully saturated rings. The Balaban J connectivity index is 1.67. The molecule has 3 N–H and O–H groups in total. The highest BCUT2D eigenvalue weighted by molar-refractivity contribution is 5.95. The molecule has 1 saturated heterocycles. The Hall–Kier alpha value is -2.41. The first-order valence-electron chi connectivity index (χ1n) is 9.10. The molecule has 0 bridgehead atoms. The van der Waals surface area contributed by atoms with E-state index in [2.05, 4.69) is 16.0 Å². The number of amides is 4. The van der Waals surface area contributed by atoms with Crippen LogP contribution in [0.1, 0.15) is 37.0 Å². The van der Waals surface area contributed by atoms with Crippen LogP contribution in [0.5, 0.6) is 0 Å². The highest BCUT2D eigenvalue weighted by Gasteiger charge is 2.23. The van der Waals surface area contributed by atoms with Crippen LogP contribution in [0.2, 0.25) is 0 Å². The van der Waals surface area contributed by atoms with Crippen LogP contribution in [0, 0.1) is 5.92 Å². The molecule has 2 rings (SSSR count). The largest absolute Gasteiger partial charge is 0.349 e. The second kappa shape index (κ2) is 9.91. The number of rotatable bonds is 6. The topological polar surface area (TPSA) is 90.5 Å². The molecular weight excluding hydrogens is 332 g/mol. The minimum Gasteiger partial charge on any atom is -0.349 e. The minimum absolute atomic E-state index is 0.0661. The predicted octanol–water partition coefficient (Wildman–Crippen LogP) is 1.36. The highest BCUT2D eigenvalue weighted by Crippen LogP contribution is 2.11. The van der Waals surface area contributed by atoms with Gasteiger partial charge in [-0.25, -0.2) is 4.79 Å². The van der Waals surface area contributed by atoms with Crippen molar-refractivity contribution in [2.45, 2.75) is 32.7 Å². The van der Waals surface area contributed by atoms with Gasteiger partial charge in [-0.15, -0.1) is 0 Å². The summed E-state index contributed by atoms with van der Waals surface area (Å²) in [5.74, 6) is -0.0392. The van der Waals surface area contributed by atoms with Crippen molar-refractivity contribution in [3.63, 3.8) is 0 Å². The molecule has 7 heteroatoms. The van der Waals surface area contributed by atoms with Crippen molar-refractivity contribution in [2.24, 2.45) is 5.92 Å². The molecule has 4 amide bonds. The fourth-order valence-electron chi connectivity index (χ4n) is 2.80. The molecular formula is C19H28N4O3. The summed E-state index contributed by atoms with van der Waals surface area (Å²) in [7, 11) is 0. The van der Waals surface area contributed by atoms with Crippen molar-refractivity contribution < 1.29 is 14.4 Å². The average molecular weight is 360 g/mol. The molecule has 0 radical (unpaired) electrons. The normalized spacial score (nSPS) is 15.5. The second-order valence-electron chi connectivity index (χ2n) is 7.04. The molecule has 0 spiro atoms. The van der Waals surface area contributed by atoms with Crippen LogP contribution < -0.4 is 16.0 Å². The van der Waals surface area contributed by atoms with E-state index in [0.29, 0.717) is 31.1 Å². The van der Waals surface area contributed by atoms with Crippen LogP contribution in [0.4, 0.5) is 4.79 Å². The Morgan fingerprint density at radius 2 is 1.77 bits per heavy atom. The van der Waals surface area contributed by atoms with E-state index >= 15 is 0 Å². The Labute approximate surface area is 154 Å². The summed E-state index contributed by atoms with van der Waals surface area (Å²) in [6.07, 6.45) is 1.57. The molecule has 0 aliphatic carbocycles. The number of piperidine rings is 1. The predicted molar refractivity (Wildman–Crippen MR) is 99.7 cm³/mol. The van der Waals surface area contributed by atoms with E-state index in [0.717, 1.165) is 12.8 Å². The molecule has 0 atom stereocenters. The lowest BCUT2D eigenvalue weighted by Gasteiger charge is -2.31. The van der Waals surface area contributed by atoms with Gasteiger partial charge in [0.05, 0.1) is 6.54 Å². The number of benzene rings is 1. The SMILES string of the molecule is CC(C)CNC(=O)NC(=O)CN1CCC(NC(=O)c2ccccc2)CC1. The van der Waals surface area contributed by atoms with Gasteiger partial charge in [0.25, 0.3) is 5.91 Å². The second-order valence-corrected chi connectivity index (χ2v) is 7.04. The fraction of sp³-hybridized carbons (Fsp3) is 0.526. The lowest BCUT2D eigenvalue weighted by molar-refractivity contribution is -0.121. The summed E-state index contributed by atoms with van der Waals surface area (Å²) in [6.45, 7) is 6.12. The molecule has 1 heterocycles. The summed E-state index contributed by atoms with van der Waals surface area (Å²) in [5, 5.41) is 8.04. The third kappa shape index (κ3) is 6.84. The fourth-order valence-corrected chi connectivity index (χ4v) is 2.80. The van der Waals surface area contributed by atoms with E-state index in [4.69, 9.17) is 0 Å². The van der Waals surface area contributed by atoms with Gasteiger partial charge in [-0.3, -0.25) is 19.8 Å². The maximum absolute atomic E-state index is 12.2. The molecule has 1 aliphatic rings. The van der Waals surface area contributed by atoms with Gasteiger partial charge in [-0.1, -0.05) is 32.0 Å². The van der Waals surface area contributed by atoms with Gasteiger partial charge in [-0.2, -0.15) is 0 Å². The van der Waals surface area contributed by atoms with E-state index in [1.165, 1.54) is 0 Å². The van der Waals surface area contributed by atoms with E-state index in [9.17, 15) is 14.4 Å². The maximum atomic E-state index is 12.2. The Bertz CT molecular complexity index is 610. The summed E-state index contributed by atoms with van der Waals surface area (Å²) in [5.41, 5.74) is 0.654. The number of hydrogen-bond donors (Lipinski definition) is 3. The van der Waals surface area contributed by atoms with Crippen molar-refractivity contribution in [2.75, 3.05) is 26.2 Å². The molecule has 0 saturated carbocycles. The van der Waals surface area contributed by atoms with Crippen LogP contribution in [-0.2, 0) is 4.79 Å². The lowest BCUT2D eigenvalue weighted by Crippen LogP contribution is -2.49. The van der Waals surface area contributed by atoms with Gasteiger partial charge in [0.2, 0.25) is 5.91 Å². The number of hydrogen-bond acceptors (Lipinski definition) is 4. The first-order chi connectivity index (χ1) is 12.4. The number of imide groups is 1. The van der Waals surface area contributed by atoms with Crippen LogP contribution in [0.25, 0.3) is 0 Å². The molecule has 26 heavy (non-hydrogen) atoms. The number of carbonyl (C=O) groups is 3. The monoisotopic (exact) mass is 360 g/mol. The molecule has 1 aromatic carbocycles. The van der Waals surface area contributed by atoms with Gasteiger partial charge in [0.15, 0.2) is 0 Å². The van der Waals surface area contributed by atoms with Gasteiger partial charge < -0.3 is 10.6 Å². The van der Waals surface area contributed by atoms with Crippen LogP contribution in [0.15, 0.2) is 30.3 Å². The molecule has 1 aromatic rings. The minimum atomic E-state index is -0.450. The standard InChI is InChI=1S/C19H28N4O3/c1-14(2)12-20-19(26)22-17(24)13-23-10-8-16(9-11-23)21-18(25)15-6-4-3-5-7-15/h3-7,14,16H,8-13H2,1-2H3,(H,21,25)(H2,20,22,24,26). The van der Waals surface area contributed by atoms with Crippen molar-refractivity contribution in [1.82, 2.24) is 20.9 Å². The average Bonchev–Trinajstić information content (AvgIpc) is 2.62. The number of urea groups is 1. The smallest absolute Gasteiger partial charge is 0.321 e. The molecule has 0 aromatic heterocycles. The van der Waals surface area contributed by atoms with Gasteiger partial charge in [-0.05, 0) is 30.9 Å². The molecule has 1 aliphatic heterocycles. The van der Waals surface area contributed by atoms with Gasteiger partial charge in [0.1, 0.15) is 0 Å². The quantitative estimate of drug-likeness (QED) is 0.714. The summed E-state index contributed by atoms with van der Waals surface area (Å²) in [6, 6.07) is 8.80. The van der Waals surface area contributed by atoms with Crippen LogP contribution in [0.3, 0.4) is 0 Å². The zero-order valence-electron chi connectivity index (χ0n) is 15.5. The van der Waals surface area contributed by atoms with Crippen molar-refractivity contribution in [1.29, 1.82) is 0 Å². The Morgan fingerprint density at radius 1 is 1.12 bits per heavy atom. The van der Waals surface area contributed by atoms with Gasteiger partial charge in [0, 0.05) is 31.2 Å². The maximum Gasteiger partial charge on any atom is 0.321 e. The number of nitrogens with one attached hydrogen (secondary N) is 3. The van der Waals surface area contributed by atoms with Crippen molar-refractivity contribution >= 4 is 17.8 Å². The molecule has 142 valence electrons.